The van der Waals surface area contributed by atoms with E-state index in [0.29, 0.717) is 5.56 Å². The van der Waals surface area contributed by atoms with Gasteiger partial charge in [0, 0.05) is 6.42 Å². The second kappa shape index (κ2) is 8.21. The molecule has 0 saturated heterocycles. The molecule has 1 rings (SSSR count). The summed E-state index contributed by atoms with van der Waals surface area (Å²) < 4.78 is 9.73. The van der Waals surface area contributed by atoms with Crippen LogP contribution >= 0.6 is 12.4 Å². The van der Waals surface area contributed by atoms with E-state index in [1.807, 2.05) is 0 Å². The molecule has 24 heavy (non-hydrogen) atoms. The van der Waals surface area contributed by atoms with Crippen LogP contribution in [0.15, 0.2) is 18.2 Å². The van der Waals surface area contributed by atoms with Gasteiger partial charge >= 0.3 is 11.9 Å². The van der Waals surface area contributed by atoms with Crippen LogP contribution in [0.5, 0.6) is 11.5 Å². The largest absolute Gasteiger partial charge is 0.504 e. The summed E-state index contributed by atoms with van der Waals surface area (Å²) in [6.45, 7) is 6.00. The molecule has 0 aromatic heterocycles. The molecule has 0 aliphatic carbocycles. The van der Waals surface area contributed by atoms with Crippen LogP contribution < -0.4 is 5.73 Å². The Hall–Kier alpha value is -1.99. The lowest BCUT2D eigenvalue weighted by molar-refractivity contribution is -0.176. The van der Waals surface area contributed by atoms with E-state index >= 15 is 0 Å². The first-order chi connectivity index (χ1) is 10.4. The average molecular weight is 362 g/mol. The van der Waals surface area contributed by atoms with Gasteiger partial charge in [-0.3, -0.25) is 4.79 Å². The van der Waals surface area contributed by atoms with Crippen LogP contribution in [0.25, 0.3) is 0 Å². The third-order valence-corrected chi connectivity index (χ3v) is 3.07. The summed E-state index contributed by atoms with van der Waals surface area (Å²) in [5.74, 6) is -1.80. The maximum absolute atomic E-state index is 12.0. The molecule has 1 atom stereocenters. The van der Waals surface area contributed by atoms with Gasteiger partial charge in [-0.25, -0.2) is 4.79 Å². The fourth-order valence-electron chi connectivity index (χ4n) is 1.69. The normalized spacial score (nSPS) is 13.4. The number of aromatic hydroxyl groups is 2. The van der Waals surface area contributed by atoms with Gasteiger partial charge < -0.3 is 25.4 Å². The van der Waals surface area contributed by atoms with E-state index in [1.54, 1.807) is 20.8 Å². The molecule has 7 nitrogen and oxygen atoms in total. The third-order valence-electron chi connectivity index (χ3n) is 3.07. The molecule has 0 heterocycles. The van der Waals surface area contributed by atoms with Crippen molar-refractivity contribution in [1.29, 1.82) is 0 Å². The molecule has 0 unspecified atom stereocenters. The van der Waals surface area contributed by atoms with Crippen LogP contribution in [0.4, 0.5) is 0 Å². The fourth-order valence-corrected chi connectivity index (χ4v) is 1.69. The summed E-state index contributed by atoms with van der Waals surface area (Å²) in [7, 11) is 0. The highest BCUT2D eigenvalue weighted by atomic mass is 35.5. The lowest BCUT2D eigenvalue weighted by Gasteiger charge is -2.23. The Balaban J connectivity index is 0.00000529. The van der Waals surface area contributed by atoms with Crippen molar-refractivity contribution < 1.29 is 29.3 Å². The molecule has 0 fully saturated rings. The van der Waals surface area contributed by atoms with E-state index in [0.717, 1.165) is 0 Å². The first-order valence-electron chi connectivity index (χ1n) is 7.07. The standard InChI is InChI=1S/C16H23NO6.ClH/c1-15(2,3)13(20)22-9-23-14(21)16(4,17)8-10-5-6-11(18)12(19)7-10;/h5-7,18-19H,8-9,17H2,1-4H3;1H/t16-;/m0./s1. The van der Waals surface area contributed by atoms with Gasteiger partial charge in [0.1, 0.15) is 5.54 Å². The lowest BCUT2D eigenvalue weighted by atomic mass is 9.94. The molecular formula is C16H24ClNO6. The highest BCUT2D eigenvalue weighted by molar-refractivity contribution is 5.85. The highest BCUT2D eigenvalue weighted by Crippen LogP contribution is 2.26. The molecular weight excluding hydrogens is 338 g/mol. The number of phenolic OH excluding ortho intramolecular Hbond substituents is 2. The molecule has 1 aromatic rings. The van der Waals surface area contributed by atoms with Crippen molar-refractivity contribution in [3.05, 3.63) is 23.8 Å². The molecule has 0 spiro atoms. The molecule has 4 N–H and O–H groups in total. The topological polar surface area (TPSA) is 119 Å². The van der Waals surface area contributed by atoms with E-state index in [4.69, 9.17) is 15.2 Å². The number of carbonyl (C=O) groups is 2. The predicted molar refractivity (Wildman–Crippen MR) is 89.8 cm³/mol. The first-order valence-corrected chi connectivity index (χ1v) is 7.07. The van der Waals surface area contributed by atoms with E-state index in [2.05, 4.69) is 0 Å². The number of ether oxygens (including phenoxy) is 2. The maximum Gasteiger partial charge on any atom is 0.329 e. The van der Waals surface area contributed by atoms with Gasteiger partial charge in [-0.15, -0.1) is 12.4 Å². The summed E-state index contributed by atoms with van der Waals surface area (Å²) in [6, 6.07) is 4.15. The minimum atomic E-state index is -1.38. The van der Waals surface area contributed by atoms with Crippen LogP contribution in [-0.2, 0) is 25.5 Å². The van der Waals surface area contributed by atoms with Crippen molar-refractivity contribution >= 4 is 24.3 Å². The van der Waals surface area contributed by atoms with Gasteiger partial charge in [0.2, 0.25) is 6.79 Å². The van der Waals surface area contributed by atoms with Gasteiger partial charge in [-0.1, -0.05) is 6.07 Å². The summed E-state index contributed by atoms with van der Waals surface area (Å²) in [5.41, 5.74) is 4.40. The molecule has 1 aromatic carbocycles. The Morgan fingerprint density at radius 1 is 1.04 bits per heavy atom. The number of carbonyl (C=O) groups excluding carboxylic acids is 2. The monoisotopic (exact) mass is 361 g/mol. The van der Waals surface area contributed by atoms with Gasteiger partial charge in [0.15, 0.2) is 11.5 Å². The zero-order chi connectivity index (χ0) is 17.8. The second-order valence-electron chi connectivity index (χ2n) is 6.65. The van der Waals surface area contributed by atoms with Gasteiger partial charge in [0.25, 0.3) is 0 Å². The highest BCUT2D eigenvalue weighted by Gasteiger charge is 2.31. The maximum atomic E-state index is 12.0. The van der Waals surface area contributed by atoms with Crippen molar-refractivity contribution in [3.8, 4) is 11.5 Å². The number of rotatable bonds is 5. The van der Waals surface area contributed by atoms with Crippen molar-refractivity contribution in [1.82, 2.24) is 0 Å². The Bertz CT molecular complexity index is 595. The number of phenols is 2. The van der Waals surface area contributed by atoms with Crippen LogP contribution in [0.2, 0.25) is 0 Å². The Morgan fingerprint density at radius 2 is 1.58 bits per heavy atom. The Kier molecular flexibility index (Phi) is 7.53. The molecule has 0 amide bonds. The van der Waals surface area contributed by atoms with E-state index in [1.165, 1.54) is 25.1 Å². The smallest absolute Gasteiger partial charge is 0.329 e. The number of halogens is 1. The predicted octanol–water partition coefficient (Wildman–Crippen LogP) is 1.87. The number of hydrogen-bond donors (Lipinski definition) is 3. The first kappa shape index (κ1) is 22.0. The Morgan fingerprint density at radius 3 is 2.08 bits per heavy atom. The zero-order valence-electron chi connectivity index (χ0n) is 14.2. The van der Waals surface area contributed by atoms with Crippen molar-refractivity contribution in [2.75, 3.05) is 6.79 Å². The van der Waals surface area contributed by atoms with E-state index in [-0.39, 0.29) is 30.3 Å². The van der Waals surface area contributed by atoms with Crippen LogP contribution in [0, 0.1) is 5.41 Å². The van der Waals surface area contributed by atoms with Crippen molar-refractivity contribution in [3.63, 3.8) is 0 Å². The van der Waals surface area contributed by atoms with Crippen LogP contribution in [0.3, 0.4) is 0 Å². The van der Waals surface area contributed by atoms with E-state index < -0.39 is 29.7 Å². The molecule has 8 heteroatoms. The van der Waals surface area contributed by atoms with E-state index in [9.17, 15) is 19.8 Å². The van der Waals surface area contributed by atoms with Crippen molar-refractivity contribution in [2.24, 2.45) is 11.1 Å². The zero-order valence-corrected chi connectivity index (χ0v) is 15.0. The van der Waals surface area contributed by atoms with Gasteiger partial charge in [-0.2, -0.15) is 0 Å². The van der Waals surface area contributed by atoms with Crippen LogP contribution in [0.1, 0.15) is 33.3 Å². The van der Waals surface area contributed by atoms with Gasteiger partial charge in [0.05, 0.1) is 5.41 Å². The number of hydrogen-bond acceptors (Lipinski definition) is 7. The molecule has 136 valence electrons. The SMILES string of the molecule is CC(C)(C)C(=O)OCOC(=O)[C@@](C)(N)Cc1ccc(O)c(O)c1.Cl. The summed E-state index contributed by atoms with van der Waals surface area (Å²) in [6.07, 6.45) is 0.0763. The molecule has 0 aliphatic heterocycles. The number of benzene rings is 1. The molecule has 0 saturated carbocycles. The van der Waals surface area contributed by atoms with Crippen molar-refractivity contribution in [2.45, 2.75) is 39.7 Å². The number of esters is 2. The minimum absolute atomic E-state index is 0. The summed E-state index contributed by atoms with van der Waals surface area (Å²) >= 11 is 0. The molecule has 0 aliphatic rings. The molecule has 0 bridgehead atoms. The quantitative estimate of drug-likeness (QED) is 0.416. The molecule has 0 radical (unpaired) electrons. The lowest BCUT2D eigenvalue weighted by Crippen LogP contribution is -2.48. The third kappa shape index (κ3) is 6.25. The van der Waals surface area contributed by atoms with Gasteiger partial charge in [-0.05, 0) is 45.4 Å². The second-order valence-corrected chi connectivity index (χ2v) is 6.65. The summed E-state index contributed by atoms with van der Waals surface area (Å²) in [5, 5.41) is 18.7. The average Bonchev–Trinajstić information content (AvgIpc) is 2.41. The minimum Gasteiger partial charge on any atom is -0.504 e. The number of nitrogens with two attached hydrogens (primary N) is 1. The fraction of sp³-hybridized carbons (Fsp3) is 0.500. The van der Waals surface area contributed by atoms with Crippen LogP contribution in [-0.4, -0.2) is 34.5 Å². The summed E-state index contributed by atoms with van der Waals surface area (Å²) in [4.78, 5) is 23.6. The Labute approximate surface area is 147 Å².